The number of nitrogens with zero attached hydrogens (tertiary/aromatic N) is 3. The van der Waals surface area contributed by atoms with Crippen LogP contribution in [0.5, 0.6) is 0 Å². The molecule has 4 rings (SSSR count). The Morgan fingerprint density at radius 3 is 2.78 bits per heavy atom. The van der Waals surface area contributed by atoms with Crippen molar-refractivity contribution in [3.8, 4) is 0 Å². The van der Waals surface area contributed by atoms with Crippen molar-refractivity contribution in [2.45, 2.75) is 38.3 Å². The number of rotatable bonds is 4. The van der Waals surface area contributed by atoms with Gasteiger partial charge in [0.2, 0.25) is 5.91 Å². The first-order valence-corrected chi connectivity index (χ1v) is 10.6. The van der Waals surface area contributed by atoms with Crippen LogP contribution in [-0.2, 0) is 16.1 Å². The van der Waals surface area contributed by atoms with Crippen molar-refractivity contribution < 1.29 is 9.59 Å². The van der Waals surface area contributed by atoms with Crippen LogP contribution in [0.3, 0.4) is 0 Å². The molecular weight excluding hydrogens is 405 g/mol. The van der Waals surface area contributed by atoms with Gasteiger partial charge in [-0.25, -0.2) is 0 Å². The molecule has 5 nitrogen and oxygen atoms in total. The molecule has 2 fully saturated rings. The second-order valence-electron chi connectivity index (χ2n) is 6.96. The van der Waals surface area contributed by atoms with Gasteiger partial charge < -0.3 is 9.47 Å². The Morgan fingerprint density at radius 1 is 1.22 bits per heavy atom. The fraction of sp³-hybridized carbons (Fsp3) is 0.421. The highest BCUT2D eigenvalue weighted by Crippen LogP contribution is 2.33. The molecule has 27 heavy (non-hydrogen) atoms. The predicted molar refractivity (Wildman–Crippen MR) is 106 cm³/mol. The molecule has 2 amide bonds. The van der Waals surface area contributed by atoms with Crippen LogP contribution in [0.15, 0.2) is 34.8 Å². The molecule has 0 radical (unpaired) electrons. The third-order valence-corrected chi connectivity index (χ3v) is 6.35. The summed E-state index contributed by atoms with van der Waals surface area (Å²) in [5.74, 6) is 0.00470. The highest BCUT2D eigenvalue weighted by atomic mass is 35.5. The molecule has 8 heteroatoms. The molecule has 1 aromatic heterocycles. The Balaban J connectivity index is 1.55. The van der Waals surface area contributed by atoms with Gasteiger partial charge >= 0.3 is 0 Å². The van der Waals surface area contributed by atoms with E-state index in [1.165, 1.54) is 11.3 Å². The van der Waals surface area contributed by atoms with E-state index in [-0.39, 0.29) is 17.7 Å². The van der Waals surface area contributed by atoms with E-state index in [0.29, 0.717) is 34.4 Å². The molecule has 1 atom stereocenters. The van der Waals surface area contributed by atoms with E-state index in [4.69, 9.17) is 23.2 Å². The van der Waals surface area contributed by atoms with Gasteiger partial charge in [-0.3, -0.25) is 9.59 Å². The Hall–Kier alpha value is -1.63. The lowest BCUT2D eigenvalue weighted by molar-refractivity contribution is -0.138. The van der Waals surface area contributed by atoms with Gasteiger partial charge in [0.05, 0.1) is 6.54 Å². The Bertz CT molecular complexity index is 948. The summed E-state index contributed by atoms with van der Waals surface area (Å²) >= 11 is 13.6. The molecule has 1 aliphatic carbocycles. The van der Waals surface area contributed by atoms with Crippen LogP contribution in [0.2, 0.25) is 10.0 Å². The third kappa shape index (κ3) is 4.13. The van der Waals surface area contributed by atoms with Crippen molar-refractivity contribution in [1.82, 2.24) is 9.47 Å². The van der Waals surface area contributed by atoms with E-state index < -0.39 is 6.04 Å². The molecular formula is C19H19Cl2N3O2S. The molecule has 1 aliphatic heterocycles. The normalized spacial score (nSPS) is 20.3. The van der Waals surface area contributed by atoms with E-state index in [1.807, 2.05) is 22.2 Å². The van der Waals surface area contributed by atoms with Crippen LogP contribution in [-0.4, -0.2) is 33.9 Å². The maximum atomic E-state index is 12.8. The van der Waals surface area contributed by atoms with E-state index in [9.17, 15) is 9.59 Å². The Labute approximate surface area is 171 Å². The molecule has 1 saturated carbocycles. The van der Waals surface area contributed by atoms with E-state index in [2.05, 4.69) is 4.99 Å². The maximum absolute atomic E-state index is 12.8. The summed E-state index contributed by atoms with van der Waals surface area (Å²) < 4.78 is 1.89. The summed E-state index contributed by atoms with van der Waals surface area (Å²) in [6, 6.07) is 4.94. The van der Waals surface area contributed by atoms with Crippen molar-refractivity contribution in [2.24, 2.45) is 10.9 Å². The number of amides is 2. The smallest absolute Gasteiger partial charge is 0.271 e. The predicted octanol–water partition coefficient (Wildman–Crippen LogP) is 3.73. The van der Waals surface area contributed by atoms with Crippen LogP contribution in [0.25, 0.3) is 0 Å². The van der Waals surface area contributed by atoms with Crippen molar-refractivity contribution in [3.05, 3.63) is 50.2 Å². The van der Waals surface area contributed by atoms with Crippen LogP contribution >= 0.6 is 34.5 Å². The summed E-state index contributed by atoms with van der Waals surface area (Å²) in [5, 5.41) is 3.05. The van der Waals surface area contributed by atoms with Crippen molar-refractivity contribution in [2.75, 3.05) is 6.54 Å². The van der Waals surface area contributed by atoms with E-state index >= 15 is 0 Å². The van der Waals surface area contributed by atoms with Gasteiger partial charge in [-0.15, -0.1) is 11.3 Å². The molecule has 0 bridgehead atoms. The zero-order valence-corrected chi connectivity index (χ0v) is 16.9. The van der Waals surface area contributed by atoms with Crippen LogP contribution < -0.4 is 4.80 Å². The molecule has 1 saturated heterocycles. The first-order valence-electron chi connectivity index (χ1n) is 9.00. The van der Waals surface area contributed by atoms with Gasteiger partial charge in [0.25, 0.3) is 5.91 Å². The second-order valence-corrected chi connectivity index (χ2v) is 8.68. The molecule has 1 aromatic carbocycles. The van der Waals surface area contributed by atoms with Crippen LogP contribution in [0.1, 0.15) is 31.2 Å². The van der Waals surface area contributed by atoms with Gasteiger partial charge in [0.1, 0.15) is 6.04 Å². The first-order chi connectivity index (χ1) is 13.0. The number of aromatic nitrogens is 1. The van der Waals surface area contributed by atoms with Crippen molar-refractivity contribution in [1.29, 1.82) is 0 Å². The minimum absolute atomic E-state index is 0.119. The van der Waals surface area contributed by atoms with E-state index in [1.54, 1.807) is 17.0 Å². The summed E-state index contributed by atoms with van der Waals surface area (Å²) in [4.78, 5) is 31.9. The fourth-order valence-corrected chi connectivity index (χ4v) is 4.56. The largest absolute Gasteiger partial charge is 0.330 e. The number of hydrogen-bond donors (Lipinski definition) is 0. The maximum Gasteiger partial charge on any atom is 0.271 e. The molecule has 2 heterocycles. The minimum atomic E-state index is -0.423. The number of halogens is 2. The van der Waals surface area contributed by atoms with Crippen molar-refractivity contribution in [3.63, 3.8) is 0 Å². The van der Waals surface area contributed by atoms with Gasteiger partial charge in [0.15, 0.2) is 4.80 Å². The summed E-state index contributed by atoms with van der Waals surface area (Å²) in [5.41, 5.74) is 0.903. The highest BCUT2D eigenvalue weighted by Gasteiger charge is 2.40. The fourth-order valence-electron chi connectivity index (χ4n) is 3.36. The molecule has 0 N–H and O–H groups in total. The van der Waals surface area contributed by atoms with Gasteiger partial charge in [-0.05, 0) is 43.4 Å². The standard InChI is InChI=1S/C19H19Cl2N3O2S/c20-14-6-5-13(15(21)10-14)11-23-8-9-27-19(23)22-17(25)16-2-1-7-24(16)18(26)12-3-4-12/h5-6,8-10,12,16H,1-4,7,11H2. The monoisotopic (exact) mass is 423 g/mol. The second kappa shape index (κ2) is 7.78. The van der Waals surface area contributed by atoms with Gasteiger partial charge in [-0.1, -0.05) is 29.3 Å². The molecule has 142 valence electrons. The van der Waals surface area contributed by atoms with Gasteiger partial charge in [-0.2, -0.15) is 4.99 Å². The Kier molecular flexibility index (Phi) is 5.39. The number of likely N-dealkylation sites (tertiary alicyclic amines) is 1. The number of benzene rings is 1. The molecule has 2 aromatic rings. The van der Waals surface area contributed by atoms with Crippen LogP contribution in [0, 0.1) is 5.92 Å². The SMILES string of the molecule is O=C(N=c1sccn1Cc1ccc(Cl)cc1Cl)C1CCCN1C(=O)C1CC1. The zero-order chi connectivity index (χ0) is 19.0. The third-order valence-electron chi connectivity index (χ3n) is 4.97. The zero-order valence-electron chi connectivity index (χ0n) is 14.6. The number of thiazole rings is 1. The average Bonchev–Trinajstić information content (AvgIpc) is 3.21. The lowest BCUT2D eigenvalue weighted by Crippen LogP contribution is -2.41. The lowest BCUT2D eigenvalue weighted by atomic mass is 10.2. The topological polar surface area (TPSA) is 54.7 Å². The molecule has 2 aliphatic rings. The number of carbonyl (C=O) groups excluding carboxylic acids is 2. The summed E-state index contributed by atoms with van der Waals surface area (Å²) in [6.45, 7) is 1.16. The van der Waals surface area contributed by atoms with Crippen LogP contribution in [0.4, 0.5) is 0 Å². The summed E-state index contributed by atoms with van der Waals surface area (Å²) in [7, 11) is 0. The summed E-state index contributed by atoms with van der Waals surface area (Å²) in [6.07, 6.45) is 5.31. The minimum Gasteiger partial charge on any atom is -0.330 e. The van der Waals surface area contributed by atoms with Crippen molar-refractivity contribution >= 4 is 46.4 Å². The van der Waals surface area contributed by atoms with E-state index in [0.717, 1.165) is 24.8 Å². The van der Waals surface area contributed by atoms with Gasteiger partial charge in [0, 0.05) is 34.1 Å². The highest BCUT2D eigenvalue weighted by molar-refractivity contribution is 7.07. The number of hydrogen-bond acceptors (Lipinski definition) is 3. The molecule has 0 spiro atoms. The first kappa shape index (κ1) is 18.7. The number of carbonyl (C=O) groups is 2. The lowest BCUT2D eigenvalue weighted by Gasteiger charge is -2.21. The average molecular weight is 424 g/mol. The Morgan fingerprint density at radius 2 is 2.04 bits per heavy atom. The molecule has 1 unspecified atom stereocenters. The quantitative estimate of drug-likeness (QED) is 0.751.